The summed E-state index contributed by atoms with van der Waals surface area (Å²) in [5.41, 5.74) is 1.97. The predicted molar refractivity (Wildman–Crippen MR) is 121 cm³/mol. The number of ether oxygens (including phenoxy) is 2. The van der Waals surface area contributed by atoms with Crippen LogP contribution in [0.1, 0.15) is 31.4 Å². The maximum atomic E-state index is 12.5. The highest BCUT2D eigenvalue weighted by Gasteiger charge is 2.21. The van der Waals surface area contributed by atoms with Gasteiger partial charge in [-0.2, -0.15) is 4.31 Å². The molecule has 0 radical (unpaired) electrons. The number of sulfonamides is 1. The molecule has 0 saturated carbocycles. The van der Waals surface area contributed by atoms with Gasteiger partial charge in [0, 0.05) is 26.1 Å². The molecule has 170 valence electrons. The Kier molecular flexibility index (Phi) is 9.33. The Labute approximate surface area is 185 Å². The van der Waals surface area contributed by atoms with Crippen molar-refractivity contribution in [1.29, 1.82) is 0 Å². The molecule has 0 aliphatic rings. The molecule has 7 nitrogen and oxygen atoms in total. The summed E-state index contributed by atoms with van der Waals surface area (Å²) in [6.07, 6.45) is 1.58. The van der Waals surface area contributed by atoms with E-state index in [0.29, 0.717) is 50.4 Å². The summed E-state index contributed by atoms with van der Waals surface area (Å²) >= 11 is 0. The topological polar surface area (TPSA) is 84.9 Å². The average molecular weight is 449 g/mol. The molecule has 31 heavy (non-hydrogen) atoms. The lowest BCUT2D eigenvalue weighted by Crippen LogP contribution is -2.30. The molecule has 0 aliphatic heterocycles. The highest BCUT2D eigenvalue weighted by Crippen LogP contribution is 2.27. The Morgan fingerprint density at radius 2 is 1.52 bits per heavy atom. The van der Waals surface area contributed by atoms with E-state index in [-0.39, 0.29) is 10.8 Å². The van der Waals surface area contributed by atoms with Gasteiger partial charge >= 0.3 is 0 Å². The van der Waals surface area contributed by atoms with Crippen LogP contribution < -0.4 is 14.8 Å². The molecule has 0 heterocycles. The van der Waals surface area contributed by atoms with Crippen molar-refractivity contribution in [2.45, 2.75) is 38.0 Å². The molecule has 2 rings (SSSR count). The zero-order valence-electron chi connectivity index (χ0n) is 18.7. The van der Waals surface area contributed by atoms with E-state index in [1.54, 1.807) is 38.5 Å². The Morgan fingerprint density at radius 1 is 0.903 bits per heavy atom. The Balaban J connectivity index is 1.82. The second kappa shape index (κ2) is 11.7. The highest BCUT2D eigenvalue weighted by molar-refractivity contribution is 7.89. The van der Waals surface area contributed by atoms with Gasteiger partial charge in [-0.25, -0.2) is 8.42 Å². The lowest BCUT2D eigenvalue weighted by atomic mass is 10.1. The van der Waals surface area contributed by atoms with E-state index in [1.807, 2.05) is 32.0 Å². The molecule has 1 N–H and O–H groups in total. The van der Waals surface area contributed by atoms with Crippen LogP contribution in [0.3, 0.4) is 0 Å². The zero-order valence-corrected chi connectivity index (χ0v) is 19.5. The molecule has 0 unspecified atom stereocenters. The van der Waals surface area contributed by atoms with Gasteiger partial charge in [-0.1, -0.05) is 32.0 Å². The van der Waals surface area contributed by atoms with E-state index in [2.05, 4.69) is 5.32 Å². The van der Waals surface area contributed by atoms with E-state index in [0.717, 1.165) is 11.1 Å². The van der Waals surface area contributed by atoms with Crippen molar-refractivity contribution in [3.63, 3.8) is 0 Å². The quantitative estimate of drug-likeness (QED) is 0.540. The van der Waals surface area contributed by atoms with Gasteiger partial charge in [-0.15, -0.1) is 0 Å². The van der Waals surface area contributed by atoms with Gasteiger partial charge in [-0.05, 0) is 48.2 Å². The molecule has 0 saturated heterocycles. The fourth-order valence-electron chi connectivity index (χ4n) is 3.27. The molecule has 2 aromatic carbocycles. The van der Waals surface area contributed by atoms with Gasteiger partial charge in [0.05, 0.1) is 19.1 Å². The average Bonchev–Trinajstić information content (AvgIpc) is 2.78. The monoisotopic (exact) mass is 448 g/mol. The van der Waals surface area contributed by atoms with Crippen LogP contribution in [-0.4, -0.2) is 52.5 Å². The molecule has 1 amide bonds. The third kappa shape index (κ3) is 6.70. The second-order valence-electron chi connectivity index (χ2n) is 7.02. The number of hydrogen-bond donors (Lipinski definition) is 1. The molecule has 0 fully saturated rings. The van der Waals surface area contributed by atoms with E-state index in [9.17, 15) is 13.2 Å². The van der Waals surface area contributed by atoms with Crippen molar-refractivity contribution in [2.75, 3.05) is 33.9 Å². The molecule has 0 bridgehead atoms. The summed E-state index contributed by atoms with van der Waals surface area (Å²) in [5.74, 6) is 1.30. The number of benzene rings is 2. The van der Waals surface area contributed by atoms with E-state index in [1.165, 1.54) is 4.31 Å². The van der Waals surface area contributed by atoms with Gasteiger partial charge in [0.15, 0.2) is 11.5 Å². The van der Waals surface area contributed by atoms with Crippen LogP contribution in [0, 0.1) is 0 Å². The van der Waals surface area contributed by atoms with E-state index in [4.69, 9.17) is 9.47 Å². The SMILES string of the molecule is CCN(CC)S(=O)(=O)c1ccc(CCC(=O)NCCc2ccc(OC)c(OC)c2)cc1. The number of carbonyl (C=O) groups is 1. The van der Waals surface area contributed by atoms with Crippen molar-refractivity contribution in [3.8, 4) is 11.5 Å². The first-order chi connectivity index (χ1) is 14.8. The Morgan fingerprint density at radius 3 is 2.10 bits per heavy atom. The van der Waals surface area contributed by atoms with E-state index < -0.39 is 10.0 Å². The van der Waals surface area contributed by atoms with Crippen molar-refractivity contribution < 1.29 is 22.7 Å². The summed E-state index contributed by atoms with van der Waals surface area (Å²) in [6.45, 7) is 5.03. The number of methoxy groups -OCH3 is 2. The van der Waals surface area contributed by atoms with Gasteiger partial charge in [-0.3, -0.25) is 4.79 Å². The van der Waals surface area contributed by atoms with Crippen molar-refractivity contribution in [1.82, 2.24) is 9.62 Å². The van der Waals surface area contributed by atoms with Crippen molar-refractivity contribution in [3.05, 3.63) is 53.6 Å². The van der Waals surface area contributed by atoms with Gasteiger partial charge in [0.25, 0.3) is 0 Å². The van der Waals surface area contributed by atoms with Crippen molar-refractivity contribution in [2.24, 2.45) is 0 Å². The van der Waals surface area contributed by atoms with Crippen LogP contribution in [0.25, 0.3) is 0 Å². The summed E-state index contributed by atoms with van der Waals surface area (Å²) < 4.78 is 37.0. The first kappa shape index (κ1) is 24.7. The van der Waals surface area contributed by atoms with Crippen LogP contribution in [0.5, 0.6) is 11.5 Å². The molecular weight excluding hydrogens is 416 g/mol. The highest BCUT2D eigenvalue weighted by atomic mass is 32.2. The fourth-order valence-corrected chi connectivity index (χ4v) is 4.73. The summed E-state index contributed by atoms with van der Waals surface area (Å²) in [4.78, 5) is 12.4. The van der Waals surface area contributed by atoms with Gasteiger partial charge in [0.1, 0.15) is 0 Å². The molecule has 0 atom stereocenters. The number of amides is 1. The smallest absolute Gasteiger partial charge is 0.243 e. The number of nitrogens with zero attached hydrogens (tertiary/aromatic N) is 1. The Bertz CT molecular complexity index is 954. The summed E-state index contributed by atoms with van der Waals surface area (Å²) in [7, 11) is -0.275. The van der Waals surface area contributed by atoms with Crippen LogP contribution in [0.4, 0.5) is 0 Å². The predicted octanol–water partition coefficient (Wildman–Crippen LogP) is 3.03. The minimum Gasteiger partial charge on any atom is -0.493 e. The molecule has 2 aromatic rings. The van der Waals surface area contributed by atoms with Gasteiger partial charge in [0.2, 0.25) is 15.9 Å². The summed E-state index contributed by atoms with van der Waals surface area (Å²) in [6, 6.07) is 12.5. The molecule has 0 spiro atoms. The van der Waals surface area contributed by atoms with E-state index >= 15 is 0 Å². The number of hydrogen-bond acceptors (Lipinski definition) is 5. The largest absolute Gasteiger partial charge is 0.493 e. The lowest BCUT2D eigenvalue weighted by Gasteiger charge is -2.18. The number of nitrogens with one attached hydrogen (secondary N) is 1. The standard InChI is InChI=1S/C23H32N2O5S/c1-5-25(6-2)31(27,28)20-11-7-18(8-12-20)10-14-23(26)24-16-15-19-9-13-21(29-3)22(17-19)30-4/h7-9,11-13,17H,5-6,10,14-16H2,1-4H3,(H,24,26). The molecule has 0 aliphatic carbocycles. The lowest BCUT2D eigenvalue weighted by molar-refractivity contribution is -0.121. The first-order valence-corrected chi connectivity index (χ1v) is 11.9. The first-order valence-electron chi connectivity index (χ1n) is 10.4. The second-order valence-corrected chi connectivity index (χ2v) is 8.96. The molecule has 8 heteroatoms. The zero-order chi connectivity index (χ0) is 22.9. The third-order valence-electron chi connectivity index (χ3n) is 5.09. The number of rotatable bonds is 12. The summed E-state index contributed by atoms with van der Waals surface area (Å²) in [5, 5.41) is 2.92. The van der Waals surface area contributed by atoms with Crippen LogP contribution in [0.2, 0.25) is 0 Å². The van der Waals surface area contributed by atoms with Crippen LogP contribution in [-0.2, 0) is 27.7 Å². The van der Waals surface area contributed by atoms with Crippen LogP contribution >= 0.6 is 0 Å². The van der Waals surface area contributed by atoms with Crippen LogP contribution in [0.15, 0.2) is 47.4 Å². The number of aryl methyl sites for hydroxylation is 1. The maximum Gasteiger partial charge on any atom is 0.243 e. The minimum atomic E-state index is -3.46. The van der Waals surface area contributed by atoms with Crippen molar-refractivity contribution >= 4 is 15.9 Å². The third-order valence-corrected chi connectivity index (χ3v) is 7.16. The fraction of sp³-hybridized carbons (Fsp3) is 0.435. The molecule has 0 aromatic heterocycles. The maximum absolute atomic E-state index is 12.5. The molecular formula is C23H32N2O5S. The normalized spacial score (nSPS) is 11.4. The Hall–Kier alpha value is -2.58. The minimum absolute atomic E-state index is 0.0414. The van der Waals surface area contributed by atoms with Gasteiger partial charge < -0.3 is 14.8 Å². The number of carbonyl (C=O) groups excluding carboxylic acids is 1.